The van der Waals surface area contributed by atoms with Crippen molar-refractivity contribution >= 4 is 5.82 Å². The molecule has 0 atom stereocenters. The van der Waals surface area contributed by atoms with Crippen LogP contribution in [0.2, 0.25) is 0 Å². The fraction of sp³-hybridized carbons (Fsp3) is 0.667. The van der Waals surface area contributed by atoms with Crippen molar-refractivity contribution in [3.63, 3.8) is 0 Å². The predicted octanol–water partition coefficient (Wildman–Crippen LogP) is 1.60. The van der Waals surface area contributed by atoms with Crippen molar-refractivity contribution in [2.45, 2.75) is 32.8 Å². The van der Waals surface area contributed by atoms with E-state index < -0.39 is 0 Å². The first kappa shape index (κ1) is 11.3. The van der Waals surface area contributed by atoms with Gasteiger partial charge in [0.05, 0.1) is 12.3 Å². The van der Waals surface area contributed by atoms with E-state index in [4.69, 9.17) is 5.11 Å². The Balaban J connectivity index is 1.97. The molecule has 0 bridgehead atoms. The number of aromatic nitrogens is 2. The van der Waals surface area contributed by atoms with E-state index in [0.29, 0.717) is 5.69 Å². The highest BCUT2D eigenvalue weighted by Gasteiger charge is 2.18. The van der Waals surface area contributed by atoms with Crippen molar-refractivity contribution in [1.29, 1.82) is 0 Å². The molecular weight excluding hydrogens is 202 g/mol. The lowest BCUT2D eigenvalue weighted by molar-refractivity contribution is 0.275. The summed E-state index contributed by atoms with van der Waals surface area (Å²) in [6.45, 7) is 4.37. The minimum atomic E-state index is -0.0365. The molecule has 4 heteroatoms. The summed E-state index contributed by atoms with van der Waals surface area (Å²) in [5, 5.41) is 17.0. The highest BCUT2D eigenvalue weighted by atomic mass is 16.3. The standard InChI is InChI=1S/C12H19N3O/c1-2-10-5-7-15(8-6-10)12-4-3-11(9-16)13-14-12/h3-4,10,16H,2,5-9H2,1H3. The van der Waals surface area contributed by atoms with E-state index >= 15 is 0 Å². The quantitative estimate of drug-likeness (QED) is 0.842. The predicted molar refractivity (Wildman–Crippen MR) is 63.2 cm³/mol. The Kier molecular flexibility index (Phi) is 3.72. The number of aliphatic hydroxyl groups excluding tert-OH is 1. The molecule has 1 aromatic heterocycles. The van der Waals surface area contributed by atoms with Gasteiger partial charge in [-0.25, -0.2) is 0 Å². The second kappa shape index (κ2) is 5.25. The summed E-state index contributed by atoms with van der Waals surface area (Å²) in [7, 11) is 0. The maximum Gasteiger partial charge on any atom is 0.151 e. The Hall–Kier alpha value is -1.16. The van der Waals surface area contributed by atoms with Gasteiger partial charge in [0.2, 0.25) is 0 Å². The summed E-state index contributed by atoms with van der Waals surface area (Å²) in [5.41, 5.74) is 0.632. The van der Waals surface area contributed by atoms with Gasteiger partial charge in [-0.1, -0.05) is 13.3 Å². The van der Waals surface area contributed by atoms with Crippen LogP contribution in [0, 0.1) is 5.92 Å². The highest BCUT2D eigenvalue weighted by molar-refractivity contribution is 5.37. The molecule has 0 unspecified atom stereocenters. The Morgan fingerprint density at radius 2 is 2.06 bits per heavy atom. The van der Waals surface area contributed by atoms with E-state index in [2.05, 4.69) is 22.0 Å². The topological polar surface area (TPSA) is 49.2 Å². The number of hydrogen-bond acceptors (Lipinski definition) is 4. The number of nitrogens with zero attached hydrogens (tertiary/aromatic N) is 3. The third kappa shape index (κ3) is 2.50. The van der Waals surface area contributed by atoms with Crippen molar-refractivity contribution in [2.75, 3.05) is 18.0 Å². The summed E-state index contributed by atoms with van der Waals surface area (Å²) >= 11 is 0. The third-order valence-corrected chi connectivity index (χ3v) is 3.38. The van der Waals surface area contributed by atoms with Crippen LogP contribution in [0.3, 0.4) is 0 Å². The average Bonchev–Trinajstić information content (AvgIpc) is 2.39. The number of piperidine rings is 1. The molecule has 0 aliphatic carbocycles. The maximum atomic E-state index is 8.89. The lowest BCUT2D eigenvalue weighted by Gasteiger charge is -2.31. The van der Waals surface area contributed by atoms with Crippen LogP contribution in [0.4, 0.5) is 5.82 Å². The number of hydrogen-bond donors (Lipinski definition) is 1. The number of anilines is 1. The van der Waals surface area contributed by atoms with Crippen molar-refractivity contribution in [1.82, 2.24) is 10.2 Å². The fourth-order valence-electron chi connectivity index (χ4n) is 2.18. The summed E-state index contributed by atoms with van der Waals surface area (Å²) in [5.74, 6) is 1.81. The molecule has 4 nitrogen and oxygen atoms in total. The summed E-state index contributed by atoms with van der Waals surface area (Å²) < 4.78 is 0. The first-order valence-corrected chi connectivity index (χ1v) is 6.02. The average molecular weight is 221 g/mol. The van der Waals surface area contributed by atoms with Gasteiger partial charge in [-0.3, -0.25) is 0 Å². The van der Waals surface area contributed by atoms with E-state index in [-0.39, 0.29) is 6.61 Å². The first-order valence-electron chi connectivity index (χ1n) is 6.02. The molecule has 1 aromatic rings. The largest absolute Gasteiger partial charge is 0.390 e. The van der Waals surface area contributed by atoms with Gasteiger partial charge < -0.3 is 10.0 Å². The summed E-state index contributed by atoms with van der Waals surface area (Å²) in [6.07, 6.45) is 3.78. The zero-order valence-corrected chi connectivity index (χ0v) is 9.76. The molecule has 0 saturated carbocycles. The molecule has 1 saturated heterocycles. The second-order valence-electron chi connectivity index (χ2n) is 4.38. The van der Waals surface area contributed by atoms with Crippen molar-refractivity contribution in [2.24, 2.45) is 5.92 Å². The van der Waals surface area contributed by atoms with Crippen LogP contribution in [-0.4, -0.2) is 28.4 Å². The van der Waals surface area contributed by atoms with Gasteiger partial charge in [-0.2, -0.15) is 5.10 Å². The molecular formula is C12H19N3O. The Labute approximate surface area is 96.3 Å². The Morgan fingerprint density at radius 3 is 2.56 bits per heavy atom. The third-order valence-electron chi connectivity index (χ3n) is 3.38. The summed E-state index contributed by atoms with van der Waals surface area (Å²) in [6, 6.07) is 3.79. The molecule has 1 N–H and O–H groups in total. The lowest BCUT2D eigenvalue weighted by Crippen LogP contribution is -2.34. The lowest BCUT2D eigenvalue weighted by atomic mass is 9.94. The molecule has 88 valence electrons. The molecule has 16 heavy (non-hydrogen) atoms. The van der Waals surface area contributed by atoms with Crippen molar-refractivity contribution < 1.29 is 5.11 Å². The molecule has 2 heterocycles. The second-order valence-corrected chi connectivity index (χ2v) is 4.38. The van der Waals surface area contributed by atoms with Gasteiger partial charge in [-0.05, 0) is 30.9 Å². The molecule has 0 amide bonds. The maximum absolute atomic E-state index is 8.89. The van der Waals surface area contributed by atoms with Crippen LogP contribution in [0.15, 0.2) is 12.1 Å². The van der Waals surface area contributed by atoms with Gasteiger partial charge in [-0.15, -0.1) is 5.10 Å². The molecule has 1 aliphatic heterocycles. The van der Waals surface area contributed by atoms with E-state index in [9.17, 15) is 0 Å². The summed E-state index contributed by atoms with van der Waals surface area (Å²) in [4.78, 5) is 2.28. The minimum absolute atomic E-state index is 0.0365. The van der Waals surface area contributed by atoms with Gasteiger partial charge in [0.25, 0.3) is 0 Å². The number of rotatable bonds is 3. The van der Waals surface area contributed by atoms with Crippen LogP contribution in [0.25, 0.3) is 0 Å². The van der Waals surface area contributed by atoms with Crippen LogP contribution < -0.4 is 4.90 Å². The zero-order chi connectivity index (χ0) is 11.4. The monoisotopic (exact) mass is 221 g/mol. The Bertz CT molecular complexity index is 318. The number of aliphatic hydroxyl groups is 1. The first-order chi connectivity index (χ1) is 7.83. The zero-order valence-electron chi connectivity index (χ0n) is 9.76. The van der Waals surface area contributed by atoms with Crippen LogP contribution in [0.5, 0.6) is 0 Å². The molecule has 0 spiro atoms. The normalized spacial score (nSPS) is 17.8. The molecule has 0 radical (unpaired) electrons. The van der Waals surface area contributed by atoms with Crippen LogP contribution in [0.1, 0.15) is 31.9 Å². The van der Waals surface area contributed by atoms with Gasteiger partial charge in [0, 0.05) is 13.1 Å². The minimum Gasteiger partial charge on any atom is -0.390 e. The van der Waals surface area contributed by atoms with E-state index in [1.54, 1.807) is 0 Å². The molecule has 2 rings (SSSR count). The van der Waals surface area contributed by atoms with Gasteiger partial charge >= 0.3 is 0 Å². The van der Waals surface area contributed by atoms with Crippen LogP contribution >= 0.6 is 0 Å². The van der Waals surface area contributed by atoms with E-state index in [1.807, 2.05) is 12.1 Å². The molecule has 1 fully saturated rings. The van der Waals surface area contributed by atoms with Gasteiger partial charge in [0.15, 0.2) is 5.82 Å². The van der Waals surface area contributed by atoms with Crippen molar-refractivity contribution in [3.8, 4) is 0 Å². The smallest absolute Gasteiger partial charge is 0.151 e. The SMILES string of the molecule is CCC1CCN(c2ccc(CO)nn2)CC1. The molecule has 0 aromatic carbocycles. The Morgan fingerprint density at radius 1 is 1.31 bits per heavy atom. The van der Waals surface area contributed by atoms with E-state index in [1.165, 1.54) is 19.3 Å². The van der Waals surface area contributed by atoms with Crippen LogP contribution in [-0.2, 0) is 6.61 Å². The van der Waals surface area contributed by atoms with Crippen molar-refractivity contribution in [3.05, 3.63) is 17.8 Å². The fourth-order valence-corrected chi connectivity index (χ4v) is 2.18. The molecule has 1 aliphatic rings. The highest BCUT2D eigenvalue weighted by Crippen LogP contribution is 2.23. The van der Waals surface area contributed by atoms with E-state index in [0.717, 1.165) is 24.8 Å². The van der Waals surface area contributed by atoms with Gasteiger partial charge in [0.1, 0.15) is 0 Å².